The standard InChI is InChI=1S/C28H42N2O4S2/c1-7-11-14-20(10-4)18-34-21-17-19(5)23(33-6)25-24(21)35-28(36-25)22-26(31)29(15-12-8-2)30(27(22)32)16-13-9-3/h17,20H,7-16,18H2,1-6H3. The predicted molar refractivity (Wildman–Crippen MR) is 149 cm³/mol. The van der Waals surface area contributed by atoms with Crippen LogP contribution < -0.4 is 9.47 Å². The Labute approximate surface area is 225 Å². The van der Waals surface area contributed by atoms with Crippen LogP contribution in [0.5, 0.6) is 11.5 Å². The van der Waals surface area contributed by atoms with Crippen molar-refractivity contribution in [2.45, 2.75) is 95.8 Å². The molecule has 6 nitrogen and oxygen atoms in total. The van der Waals surface area contributed by atoms with Gasteiger partial charge in [0.1, 0.15) is 17.1 Å². The van der Waals surface area contributed by atoms with E-state index in [0.717, 1.165) is 69.6 Å². The van der Waals surface area contributed by atoms with Gasteiger partial charge in [0, 0.05) is 13.1 Å². The van der Waals surface area contributed by atoms with Gasteiger partial charge < -0.3 is 9.47 Å². The second-order valence-electron chi connectivity index (χ2n) is 9.54. The van der Waals surface area contributed by atoms with Gasteiger partial charge in [-0.25, -0.2) is 10.0 Å². The Hall–Kier alpha value is -1.80. The highest BCUT2D eigenvalue weighted by Gasteiger charge is 2.44. The molecular weight excluding hydrogens is 492 g/mol. The van der Waals surface area contributed by atoms with Gasteiger partial charge in [-0.2, -0.15) is 0 Å². The summed E-state index contributed by atoms with van der Waals surface area (Å²) in [5, 5.41) is 3.32. The molecule has 0 N–H and O–H groups in total. The van der Waals surface area contributed by atoms with Crippen LogP contribution in [0.25, 0.3) is 0 Å². The van der Waals surface area contributed by atoms with Crippen LogP contribution in [0.15, 0.2) is 25.7 Å². The molecule has 200 valence electrons. The van der Waals surface area contributed by atoms with E-state index in [1.807, 2.05) is 13.0 Å². The van der Waals surface area contributed by atoms with Gasteiger partial charge in [0.15, 0.2) is 0 Å². The zero-order chi connectivity index (χ0) is 26.2. The molecule has 2 aliphatic heterocycles. The summed E-state index contributed by atoms with van der Waals surface area (Å²) in [5.41, 5.74) is 1.28. The number of carbonyl (C=O) groups excluding carboxylic acids is 2. The number of nitrogens with zero attached hydrogens (tertiary/aromatic N) is 2. The van der Waals surface area contributed by atoms with Crippen LogP contribution in [0.1, 0.15) is 84.6 Å². The summed E-state index contributed by atoms with van der Waals surface area (Å²) in [7, 11) is 1.67. The number of ether oxygens (including phenoxy) is 2. The molecule has 2 aliphatic rings. The average Bonchev–Trinajstić information content (AvgIpc) is 3.39. The van der Waals surface area contributed by atoms with Gasteiger partial charge in [0.25, 0.3) is 11.8 Å². The van der Waals surface area contributed by atoms with Gasteiger partial charge in [-0.05, 0) is 43.7 Å². The van der Waals surface area contributed by atoms with Crippen molar-refractivity contribution in [1.29, 1.82) is 0 Å². The number of amides is 2. The van der Waals surface area contributed by atoms with Gasteiger partial charge in [0.05, 0.1) is 27.7 Å². The third-order valence-corrected chi connectivity index (χ3v) is 9.40. The van der Waals surface area contributed by atoms with Crippen LogP contribution in [0.4, 0.5) is 0 Å². The molecule has 0 saturated carbocycles. The lowest BCUT2D eigenvalue weighted by molar-refractivity contribution is -0.147. The molecule has 1 aromatic rings. The molecular formula is C28H42N2O4S2. The molecule has 1 saturated heterocycles. The molecule has 1 fully saturated rings. The van der Waals surface area contributed by atoms with E-state index in [4.69, 9.17) is 9.47 Å². The maximum atomic E-state index is 13.5. The minimum absolute atomic E-state index is 0.184. The van der Waals surface area contributed by atoms with Gasteiger partial charge >= 0.3 is 0 Å². The summed E-state index contributed by atoms with van der Waals surface area (Å²) < 4.78 is 12.9. The number of fused-ring (bicyclic) bond motifs is 1. The SMILES string of the molecule is CCCCC(CC)COc1cc(C)c(OC)c2c1SC(=C1C(=O)N(CCCC)N(CCCC)C1=O)S2. The van der Waals surface area contributed by atoms with Crippen molar-refractivity contribution in [3.63, 3.8) is 0 Å². The van der Waals surface area contributed by atoms with Gasteiger partial charge in [0.2, 0.25) is 0 Å². The van der Waals surface area contributed by atoms with Crippen LogP contribution in [0.3, 0.4) is 0 Å². The van der Waals surface area contributed by atoms with E-state index in [1.165, 1.54) is 36.4 Å². The van der Waals surface area contributed by atoms with E-state index in [1.54, 1.807) is 17.1 Å². The lowest BCUT2D eigenvalue weighted by atomic mass is 10.0. The average molecular weight is 535 g/mol. The summed E-state index contributed by atoms with van der Waals surface area (Å²) in [6.07, 6.45) is 8.30. The molecule has 1 unspecified atom stereocenters. The zero-order valence-electron chi connectivity index (χ0n) is 22.8. The molecule has 2 amide bonds. The molecule has 3 rings (SSSR count). The Kier molecular flexibility index (Phi) is 10.9. The third-order valence-electron chi connectivity index (χ3n) is 6.79. The van der Waals surface area contributed by atoms with Crippen molar-refractivity contribution < 1.29 is 19.1 Å². The number of methoxy groups -OCH3 is 1. The molecule has 2 heterocycles. The van der Waals surface area contributed by atoms with Crippen molar-refractivity contribution in [1.82, 2.24) is 10.0 Å². The van der Waals surface area contributed by atoms with Gasteiger partial charge in [-0.15, -0.1) is 0 Å². The summed E-state index contributed by atoms with van der Waals surface area (Å²) in [5.74, 6) is 1.74. The molecule has 8 heteroatoms. The second-order valence-corrected chi connectivity index (χ2v) is 11.8. The number of hydrogen-bond donors (Lipinski definition) is 0. The van der Waals surface area contributed by atoms with E-state index in [0.29, 0.717) is 25.6 Å². The lowest BCUT2D eigenvalue weighted by Gasteiger charge is -2.27. The summed E-state index contributed by atoms with van der Waals surface area (Å²) in [6, 6.07) is 2.03. The smallest absolute Gasteiger partial charge is 0.279 e. The molecule has 1 aromatic carbocycles. The largest absolute Gasteiger partial charge is 0.495 e. The number of hydrogen-bond acceptors (Lipinski definition) is 6. The fourth-order valence-corrected chi connectivity index (χ4v) is 7.26. The first-order valence-electron chi connectivity index (χ1n) is 13.5. The van der Waals surface area contributed by atoms with E-state index in [-0.39, 0.29) is 17.4 Å². The van der Waals surface area contributed by atoms with Crippen molar-refractivity contribution in [2.75, 3.05) is 26.8 Å². The topological polar surface area (TPSA) is 59.1 Å². The summed E-state index contributed by atoms with van der Waals surface area (Å²) >= 11 is 2.95. The van der Waals surface area contributed by atoms with Gasteiger partial charge in [-0.1, -0.05) is 83.3 Å². The molecule has 0 aromatic heterocycles. The molecule has 36 heavy (non-hydrogen) atoms. The number of unbranched alkanes of at least 4 members (excludes halogenated alkanes) is 3. The summed E-state index contributed by atoms with van der Waals surface area (Å²) in [4.78, 5) is 28.9. The third kappa shape index (κ3) is 6.18. The molecule has 0 bridgehead atoms. The molecule has 0 spiro atoms. The Balaban J connectivity index is 1.94. The highest BCUT2D eigenvalue weighted by atomic mass is 32.2. The first-order valence-corrected chi connectivity index (χ1v) is 15.1. The van der Waals surface area contributed by atoms with Crippen molar-refractivity contribution >= 4 is 35.3 Å². The number of carbonyl (C=O) groups is 2. The maximum absolute atomic E-state index is 13.5. The van der Waals surface area contributed by atoms with E-state index in [2.05, 4.69) is 27.7 Å². The minimum atomic E-state index is -0.184. The zero-order valence-corrected chi connectivity index (χ0v) is 24.4. The predicted octanol–water partition coefficient (Wildman–Crippen LogP) is 7.19. The number of thioether (sulfide) groups is 2. The fraction of sp³-hybridized carbons (Fsp3) is 0.643. The first kappa shape index (κ1) is 28.8. The molecule has 1 atom stereocenters. The lowest BCUT2D eigenvalue weighted by Crippen LogP contribution is -2.42. The Morgan fingerprint density at radius 3 is 2.00 bits per heavy atom. The Morgan fingerprint density at radius 1 is 0.889 bits per heavy atom. The van der Waals surface area contributed by atoms with E-state index < -0.39 is 0 Å². The monoisotopic (exact) mass is 534 g/mol. The van der Waals surface area contributed by atoms with Crippen LogP contribution in [-0.4, -0.2) is 48.6 Å². The normalized spacial score (nSPS) is 16.3. The molecule has 0 radical (unpaired) electrons. The van der Waals surface area contributed by atoms with Crippen LogP contribution in [0.2, 0.25) is 0 Å². The second kappa shape index (κ2) is 13.7. The summed E-state index contributed by atoms with van der Waals surface area (Å²) in [6.45, 7) is 12.4. The van der Waals surface area contributed by atoms with Crippen molar-refractivity contribution in [2.24, 2.45) is 5.92 Å². The van der Waals surface area contributed by atoms with Crippen LogP contribution in [0, 0.1) is 12.8 Å². The number of aryl methyl sites for hydroxylation is 1. The van der Waals surface area contributed by atoms with Crippen LogP contribution >= 0.6 is 23.5 Å². The van der Waals surface area contributed by atoms with E-state index in [9.17, 15) is 9.59 Å². The number of hydrazine groups is 1. The number of rotatable bonds is 14. The number of benzene rings is 1. The van der Waals surface area contributed by atoms with Crippen LogP contribution in [-0.2, 0) is 9.59 Å². The Bertz CT molecular complexity index is 951. The highest BCUT2D eigenvalue weighted by Crippen LogP contribution is 2.60. The fourth-order valence-electron chi connectivity index (χ4n) is 4.49. The molecule has 0 aliphatic carbocycles. The van der Waals surface area contributed by atoms with Gasteiger partial charge in [-0.3, -0.25) is 9.59 Å². The Morgan fingerprint density at radius 2 is 1.47 bits per heavy atom. The maximum Gasteiger partial charge on any atom is 0.279 e. The quantitative estimate of drug-likeness (QED) is 0.186. The highest BCUT2D eigenvalue weighted by molar-refractivity contribution is 8.25. The van der Waals surface area contributed by atoms with Crippen molar-refractivity contribution in [3.05, 3.63) is 21.4 Å². The first-order chi connectivity index (χ1) is 17.4. The van der Waals surface area contributed by atoms with E-state index >= 15 is 0 Å². The van der Waals surface area contributed by atoms with Crippen molar-refractivity contribution in [3.8, 4) is 11.5 Å². The minimum Gasteiger partial charge on any atom is -0.495 e.